The minimum atomic E-state index is -0.342. The Kier molecular flexibility index (Phi) is 10.2. The number of hydrogen-bond acceptors (Lipinski definition) is 9. The highest BCUT2D eigenvalue weighted by atomic mass is 16.5. The van der Waals surface area contributed by atoms with Gasteiger partial charge >= 0.3 is 0 Å². The lowest BCUT2D eigenvalue weighted by Crippen LogP contribution is -2.57. The van der Waals surface area contributed by atoms with Gasteiger partial charge in [-0.05, 0) is 54.8 Å². The highest BCUT2D eigenvalue weighted by Gasteiger charge is 2.32. The van der Waals surface area contributed by atoms with Crippen molar-refractivity contribution in [1.82, 2.24) is 25.1 Å². The first-order valence-corrected chi connectivity index (χ1v) is 14.7. The van der Waals surface area contributed by atoms with Crippen LogP contribution in [0.1, 0.15) is 47.2 Å². The number of piperidine rings is 1. The molecule has 0 aliphatic carbocycles. The second kappa shape index (κ2) is 14.4. The number of fused-ring (bicyclic) bond motifs is 5. The van der Waals surface area contributed by atoms with Crippen LogP contribution in [0.3, 0.4) is 0 Å². The fourth-order valence-electron chi connectivity index (χ4n) is 5.45. The first-order valence-electron chi connectivity index (χ1n) is 14.7. The van der Waals surface area contributed by atoms with Crippen molar-refractivity contribution in [2.75, 3.05) is 39.9 Å². The van der Waals surface area contributed by atoms with Crippen LogP contribution in [0.15, 0.2) is 54.7 Å². The molecule has 5 rings (SSSR count). The largest absolute Gasteiger partial charge is 0.493 e. The highest BCUT2D eigenvalue weighted by molar-refractivity contribution is 5.97. The van der Waals surface area contributed by atoms with Crippen LogP contribution in [0.25, 0.3) is 0 Å². The molecule has 4 bridgehead atoms. The van der Waals surface area contributed by atoms with Crippen molar-refractivity contribution in [3.05, 3.63) is 77.4 Å². The standard InChI is InChI=1S/C32H39N5O6/c1-3-30-33-12-10-24(34-30)18-36-14-11-27-26(19-36)35-31(39)20-37(13-5-15-38)32(40)23-8-9-28(41-2)29(17-23)43-25-7-4-6-22(16-25)21-42-27/h4,6-10,12,16-17,26-27,38H,3,5,11,13-15,18-21H2,1-2H3,(H,35,39)/t26-,27-/m0/s1. The first-order chi connectivity index (χ1) is 20.9. The van der Waals surface area contributed by atoms with Gasteiger partial charge in [-0.15, -0.1) is 0 Å². The average molecular weight is 590 g/mol. The third-order valence-corrected chi connectivity index (χ3v) is 7.65. The zero-order valence-electron chi connectivity index (χ0n) is 24.7. The van der Waals surface area contributed by atoms with E-state index in [0.717, 1.165) is 30.0 Å². The van der Waals surface area contributed by atoms with Crippen LogP contribution in [0.2, 0.25) is 0 Å². The fraction of sp³-hybridized carbons (Fsp3) is 0.438. The zero-order valence-corrected chi connectivity index (χ0v) is 24.7. The molecule has 0 saturated carbocycles. The van der Waals surface area contributed by atoms with Crippen LogP contribution in [0, 0.1) is 0 Å². The normalized spacial score (nSPS) is 19.7. The number of carbonyl (C=O) groups excluding carboxylic acids is 2. The molecule has 1 fully saturated rings. The zero-order chi connectivity index (χ0) is 30.2. The van der Waals surface area contributed by atoms with Crippen LogP contribution in [-0.2, 0) is 29.1 Å². The molecule has 43 heavy (non-hydrogen) atoms. The molecule has 1 aromatic heterocycles. The Balaban J connectivity index is 1.42. The van der Waals surface area contributed by atoms with E-state index in [1.165, 1.54) is 12.0 Å². The van der Waals surface area contributed by atoms with Crippen LogP contribution >= 0.6 is 0 Å². The molecule has 2 aliphatic rings. The number of aromatic nitrogens is 2. The van der Waals surface area contributed by atoms with E-state index in [9.17, 15) is 14.7 Å². The van der Waals surface area contributed by atoms with Crippen molar-refractivity contribution in [2.24, 2.45) is 0 Å². The molecular weight excluding hydrogens is 550 g/mol. The smallest absolute Gasteiger partial charge is 0.254 e. The van der Waals surface area contributed by atoms with E-state index < -0.39 is 0 Å². The molecule has 2 aromatic carbocycles. The van der Waals surface area contributed by atoms with Gasteiger partial charge in [0.25, 0.3) is 5.91 Å². The number of ether oxygens (including phenoxy) is 3. The molecule has 11 heteroatoms. The maximum absolute atomic E-state index is 13.6. The molecule has 11 nitrogen and oxygen atoms in total. The summed E-state index contributed by atoms with van der Waals surface area (Å²) in [5.74, 6) is 1.61. The number of benzene rings is 2. The Morgan fingerprint density at radius 1 is 1.16 bits per heavy atom. The van der Waals surface area contributed by atoms with Crippen molar-refractivity contribution in [3.63, 3.8) is 0 Å². The Morgan fingerprint density at radius 2 is 2.05 bits per heavy atom. The Morgan fingerprint density at radius 3 is 2.86 bits per heavy atom. The number of aliphatic hydroxyl groups excluding tert-OH is 1. The number of nitrogens with zero attached hydrogens (tertiary/aromatic N) is 4. The molecule has 2 aliphatic heterocycles. The lowest BCUT2D eigenvalue weighted by Gasteiger charge is -2.39. The minimum absolute atomic E-state index is 0.102. The SMILES string of the molecule is CCc1nccc(CN2CC[C@@H]3OCc4cccc(c4)Oc4cc(ccc4OC)C(=O)N(CCCO)CC(=O)N[C@H]3C2)n1. The number of aliphatic hydroxyl groups is 1. The lowest BCUT2D eigenvalue weighted by molar-refractivity contribution is -0.125. The number of hydrogen-bond donors (Lipinski definition) is 2. The number of likely N-dealkylation sites (tertiary alicyclic amines) is 1. The summed E-state index contributed by atoms with van der Waals surface area (Å²) in [7, 11) is 1.54. The minimum Gasteiger partial charge on any atom is -0.493 e. The maximum Gasteiger partial charge on any atom is 0.254 e. The van der Waals surface area contributed by atoms with Gasteiger partial charge in [0.15, 0.2) is 11.5 Å². The van der Waals surface area contributed by atoms with Crippen molar-refractivity contribution in [1.29, 1.82) is 0 Å². The van der Waals surface area contributed by atoms with E-state index in [1.54, 1.807) is 24.4 Å². The molecule has 1 saturated heterocycles. The van der Waals surface area contributed by atoms with Gasteiger partial charge < -0.3 is 29.5 Å². The predicted molar refractivity (Wildman–Crippen MR) is 159 cm³/mol. The van der Waals surface area contributed by atoms with Gasteiger partial charge in [0.2, 0.25) is 5.91 Å². The van der Waals surface area contributed by atoms with Crippen LogP contribution < -0.4 is 14.8 Å². The third-order valence-electron chi connectivity index (χ3n) is 7.65. The molecule has 3 aromatic rings. The van der Waals surface area contributed by atoms with Crippen molar-refractivity contribution in [2.45, 2.75) is 51.5 Å². The van der Waals surface area contributed by atoms with E-state index in [0.29, 0.717) is 55.4 Å². The third kappa shape index (κ3) is 7.86. The van der Waals surface area contributed by atoms with Gasteiger partial charge in [-0.25, -0.2) is 9.97 Å². The predicted octanol–water partition coefficient (Wildman–Crippen LogP) is 2.95. The van der Waals surface area contributed by atoms with Crippen molar-refractivity contribution in [3.8, 4) is 17.2 Å². The van der Waals surface area contributed by atoms with Gasteiger partial charge in [-0.3, -0.25) is 14.5 Å². The molecular formula is C32H39N5O6. The number of nitrogens with one attached hydrogen (secondary N) is 1. The summed E-state index contributed by atoms with van der Waals surface area (Å²) in [6, 6.07) is 14.2. The summed E-state index contributed by atoms with van der Waals surface area (Å²) in [5.41, 5.74) is 2.21. The van der Waals surface area contributed by atoms with Crippen LogP contribution in [0.5, 0.6) is 17.2 Å². The highest BCUT2D eigenvalue weighted by Crippen LogP contribution is 2.33. The molecule has 0 unspecified atom stereocenters. The topological polar surface area (TPSA) is 126 Å². The van der Waals surface area contributed by atoms with Gasteiger partial charge in [-0.2, -0.15) is 0 Å². The number of aryl methyl sites for hydroxylation is 1. The van der Waals surface area contributed by atoms with Crippen molar-refractivity contribution < 1.29 is 28.9 Å². The van der Waals surface area contributed by atoms with Gasteiger partial charge in [0, 0.05) is 51.0 Å². The van der Waals surface area contributed by atoms with E-state index in [2.05, 4.69) is 20.2 Å². The van der Waals surface area contributed by atoms with Gasteiger partial charge in [-0.1, -0.05) is 19.1 Å². The van der Waals surface area contributed by atoms with E-state index >= 15 is 0 Å². The Labute approximate surface area is 251 Å². The average Bonchev–Trinajstić information content (AvgIpc) is 3.02. The van der Waals surface area contributed by atoms with E-state index in [1.807, 2.05) is 37.3 Å². The van der Waals surface area contributed by atoms with Crippen LogP contribution in [0.4, 0.5) is 0 Å². The molecule has 2 amide bonds. The molecule has 2 atom stereocenters. The van der Waals surface area contributed by atoms with Gasteiger partial charge in [0.05, 0.1) is 38.1 Å². The number of rotatable bonds is 7. The van der Waals surface area contributed by atoms with Crippen LogP contribution in [-0.4, -0.2) is 88.7 Å². The summed E-state index contributed by atoms with van der Waals surface area (Å²) in [5, 5.41) is 12.6. The molecule has 2 N–H and O–H groups in total. The molecule has 228 valence electrons. The molecule has 0 radical (unpaired) electrons. The summed E-state index contributed by atoms with van der Waals surface area (Å²) < 4.78 is 18.1. The second-order valence-electron chi connectivity index (χ2n) is 10.8. The van der Waals surface area contributed by atoms with Gasteiger partial charge in [0.1, 0.15) is 11.6 Å². The Hall–Kier alpha value is -4.06. The maximum atomic E-state index is 13.6. The summed E-state index contributed by atoms with van der Waals surface area (Å²) >= 11 is 0. The van der Waals surface area contributed by atoms with E-state index in [4.69, 9.17) is 14.2 Å². The first kappa shape index (κ1) is 30.4. The summed E-state index contributed by atoms with van der Waals surface area (Å²) in [4.78, 5) is 39.8. The second-order valence-corrected chi connectivity index (χ2v) is 10.8. The molecule has 0 spiro atoms. The monoisotopic (exact) mass is 589 g/mol. The fourth-order valence-corrected chi connectivity index (χ4v) is 5.45. The Bertz CT molecular complexity index is 1420. The summed E-state index contributed by atoms with van der Waals surface area (Å²) in [6.45, 7) is 4.31. The lowest BCUT2D eigenvalue weighted by atomic mass is 10.0. The quantitative estimate of drug-likeness (QED) is 0.428. The van der Waals surface area contributed by atoms with Crippen molar-refractivity contribution >= 4 is 11.8 Å². The molecule has 3 heterocycles. The summed E-state index contributed by atoms with van der Waals surface area (Å²) in [6.07, 6.45) is 3.36. The van der Waals surface area contributed by atoms with E-state index in [-0.39, 0.29) is 43.7 Å². The number of amides is 2. The number of carbonyl (C=O) groups is 2. The number of methoxy groups -OCH3 is 1.